The lowest BCUT2D eigenvalue weighted by Crippen LogP contribution is -2.06. The highest BCUT2D eigenvalue weighted by molar-refractivity contribution is 6.17. The Bertz CT molecular complexity index is 1340. The van der Waals surface area contributed by atoms with Gasteiger partial charge >= 0.3 is 0 Å². The molecule has 0 atom stereocenters. The van der Waals surface area contributed by atoms with Gasteiger partial charge in [0.1, 0.15) is 0 Å². The number of allylic oxidation sites excluding steroid dienone is 20. The fourth-order valence-electron chi connectivity index (χ4n) is 5.58. The van der Waals surface area contributed by atoms with Crippen molar-refractivity contribution < 1.29 is 9.59 Å². The quantitative estimate of drug-likeness (QED) is 0.0813. The third kappa shape index (κ3) is 23.1. The van der Waals surface area contributed by atoms with Gasteiger partial charge in [-0.05, 0) is 177 Å². The Hall–Kier alpha value is -3.26. The zero-order valence-electron chi connectivity index (χ0n) is 32.3. The average molecular weight is 653 g/mol. The van der Waals surface area contributed by atoms with Crippen LogP contribution in [0.25, 0.3) is 0 Å². The molecular weight excluding hydrogens is 585 g/mol. The first-order valence-corrected chi connectivity index (χ1v) is 18.6. The minimum Gasteiger partial charge on any atom is -0.290 e. The summed E-state index contributed by atoms with van der Waals surface area (Å²) in [6.07, 6.45) is 39.3. The molecule has 264 valence electrons. The second kappa shape index (κ2) is 25.7. The lowest BCUT2D eigenvalue weighted by Gasteiger charge is -2.05. The van der Waals surface area contributed by atoms with E-state index in [0.29, 0.717) is 12.0 Å². The molecule has 0 aromatic heterocycles. The number of rotatable bonds is 23. The molecule has 0 N–H and O–H groups in total. The first-order valence-electron chi connectivity index (χ1n) is 18.6. The Morgan fingerprint density at radius 1 is 0.417 bits per heavy atom. The van der Waals surface area contributed by atoms with Crippen LogP contribution in [0.2, 0.25) is 0 Å². The molecule has 0 saturated carbocycles. The number of carbonyl (C=O) groups is 2. The normalized spacial score (nSPS) is 15.8. The van der Waals surface area contributed by atoms with E-state index in [0.717, 1.165) is 77.0 Å². The molecule has 0 bridgehead atoms. The number of hydrogen-bond acceptors (Lipinski definition) is 2. The summed E-state index contributed by atoms with van der Waals surface area (Å²) in [6, 6.07) is 0. The van der Waals surface area contributed by atoms with E-state index in [2.05, 4.69) is 111 Å². The molecule has 1 aliphatic carbocycles. The summed E-state index contributed by atoms with van der Waals surface area (Å²) in [5.41, 5.74) is 12.2. The van der Waals surface area contributed by atoms with Crippen molar-refractivity contribution in [3.05, 3.63) is 117 Å². The van der Waals surface area contributed by atoms with Crippen LogP contribution in [0, 0.1) is 0 Å². The molecule has 0 radical (unpaired) electrons. The maximum absolute atomic E-state index is 11.9. The first kappa shape index (κ1) is 42.8. The summed E-state index contributed by atoms with van der Waals surface area (Å²) in [4.78, 5) is 23.4. The van der Waals surface area contributed by atoms with Gasteiger partial charge in [-0.15, -0.1) is 0 Å². The van der Waals surface area contributed by atoms with Gasteiger partial charge in [0.05, 0.1) is 0 Å². The Kier molecular flexibility index (Phi) is 22.9. The molecule has 2 nitrogen and oxygen atoms in total. The van der Waals surface area contributed by atoms with Crippen LogP contribution in [-0.4, -0.2) is 11.6 Å². The van der Waals surface area contributed by atoms with Gasteiger partial charge < -0.3 is 0 Å². The molecule has 2 heteroatoms. The number of carbonyl (C=O) groups excluding carboxylic acids is 2. The van der Waals surface area contributed by atoms with E-state index in [-0.39, 0.29) is 11.6 Å². The van der Waals surface area contributed by atoms with Gasteiger partial charge in [0.2, 0.25) is 0 Å². The predicted octanol–water partition coefficient (Wildman–Crippen LogP) is 14.1. The third-order valence-corrected chi connectivity index (χ3v) is 8.98. The zero-order chi connectivity index (χ0) is 35.7. The highest BCUT2D eigenvalue weighted by Crippen LogP contribution is 2.18. The van der Waals surface area contributed by atoms with Crippen molar-refractivity contribution in [3.8, 4) is 0 Å². The number of ketones is 2. The monoisotopic (exact) mass is 653 g/mol. The molecule has 0 spiro atoms. The summed E-state index contributed by atoms with van der Waals surface area (Å²) in [7, 11) is 0. The Labute approximate surface area is 296 Å². The highest BCUT2D eigenvalue weighted by Gasteiger charge is 2.11. The van der Waals surface area contributed by atoms with Gasteiger partial charge in [-0.25, -0.2) is 0 Å². The molecule has 0 aliphatic heterocycles. The number of hydrogen-bond donors (Lipinski definition) is 0. The Morgan fingerprint density at radius 2 is 0.708 bits per heavy atom. The lowest BCUT2D eigenvalue weighted by atomic mass is 9.98. The SMILES string of the molecule is CC(C)=CCC/C(C)=C/CC/C(C)=C/CC/C(C)=C/CC/C(C)=C/CC/C(C)=C/CC/C(C)=C/CC/C(C)=C/CC1=CC(=O)C=CC1=O. The molecule has 1 rings (SSSR count). The van der Waals surface area contributed by atoms with Crippen LogP contribution < -0.4 is 0 Å². The van der Waals surface area contributed by atoms with E-state index in [1.165, 1.54) is 75.7 Å². The van der Waals surface area contributed by atoms with Gasteiger partial charge in [0.25, 0.3) is 0 Å². The smallest absolute Gasteiger partial charge is 0.182 e. The summed E-state index contributed by atoms with van der Waals surface area (Å²) >= 11 is 0. The molecule has 0 fully saturated rings. The van der Waals surface area contributed by atoms with E-state index in [9.17, 15) is 9.59 Å². The second-order valence-electron chi connectivity index (χ2n) is 14.4. The Balaban J connectivity index is 2.24. The first-order chi connectivity index (χ1) is 22.8. The van der Waals surface area contributed by atoms with Crippen molar-refractivity contribution in [1.29, 1.82) is 0 Å². The Morgan fingerprint density at radius 3 is 1.02 bits per heavy atom. The van der Waals surface area contributed by atoms with Gasteiger partial charge in [0, 0.05) is 5.57 Å². The standard InChI is InChI=1S/C46H68O2/c1-36(2)17-10-18-37(3)19-11-20-38(4)21-12-22-39(5)23-13-24-40(6)25-14-26-41(7)27-15-28-42(8)29-16-30-43(9)31-32-44-35-45(47)33-34-46(44)48/h17,19,21,23,25,27,29,31,33-35H,10-16,18,20,22,24,26,28,30,32H2,1-9H3/b37-19+,38-21+,39-23+,40-25+,41-27+,42-29+,43-31+. The van der Waals surface area contributed by atoms with Crippen LogP contribution in [0.15, 0.2) is 117 Å². The molecule has 48 heavy (non-hydrogen) atoms. The van der Waals surface area contributed by atoms with Gasteiger partial charge in [-0.1, -0.05) is 93.2 Å². The van der Waals surface area contributed by atoms with E-state index < -0.39 is 0 Å². The fourth-order valence-corrected chi connectivity index (χ4v) is 5.58. The molecular formula is C46H68O2. The average Bonchev–Trinajstić information content (AvgIpc) is 3.01. The third-order valence-electron chi connectivity index (χ3n) is 8.98. The van der Waals surface area contributed by atoms with Crippen LogP contribution in [0.5, 0.6) is 0 Å². The van der Waals surface area contributed by atoms with Crippen molar-refractivity contribution >= 4 is 11.6 Å². The van der Waals surface area contributed by atoms with Crippen LogP contribution in [0.1, 0.15) is 159 Å². The van der Waals surface area contributed by atoms with E-state index in [1.807, 2.05) is 0 Å². The van der Waals surface area contributed by atoms with Gasteiger partial charge in [-0.2, -0.15) is 0 Å². The summed E-state index contributed by atoms with van der Waals surface area (Å²) in [6.45, 7) is 20.1. The molecule has 0 heterocycles. The zero-order valence-corrected chi connectivity index (χ0v) is 32.3. The van der Waals surface area contributed by atoms with Crippen molar-refractivity contribution in [1.82, 2.24) is 0 Å². The van der Waals surface area contributed by atoms with Crippen molar-refractivity contribution in [2.75, 3.05) is 0 Å². The maximum atomic E-state index is 11.9. The molecule has 0 aromatic rings. The minimum atomic E-state index is -0.0976. The predicted molar refractivity (Wildman–Crippen MR) is 212 cm³/mol. The van der Waals surface area contributed by atoms with Crippen molar-refractivity contribution in [2.24, 2.45) is 0 Å². The van der Waals surface area contributed by atoms with Gasteiger partial charge in [0.15, 0.2) is 11.6 Å². The molecule has 1 aliphatic rings. The molecule has 0 amide bonds. The van der Waals surface area contributed by atoms with Crippen molar-refractivity contribution in [3.63, 3.8) is 0 Å². The topological polar surface area (TPSA) is 34.1 Å². The van der Waals surface area contributed by atoms with E-state index >= 15 is 0 Å². The van der Waals surface area contributed by atoms with Crippen LogP contribution in [0.4, 0.5) is 0 Å². The minimum absolute atomic E-state index is 0.0530. The van der Waals surface area contributed by atoms with Gasteiger partial charge in [-0.3, -0.25) is 9.59 Å². The molecule has 0 aromatic carbocycles. The highest BCUT2D eigenvalue weighted by atomic mass is 16.1. The van der Waals surface area contributed by atoms with Crippen LogP contribution in [0.3, 0.4) is 0 Å². The van der Waals surface area contributed by atoms with Crippen LogP contribution >= 0.6 is 0 Å². The van der Waals surface area contributed by atoms with E-state index in [4.69, 9.17) is 0 Å². The summed E-state index contributed by atoms with van der Waals surface area (Å²) in [5.74, 6) is -0.151. The fraction of sp³-hybridized carbons (Fsp3) is 0.522. The molecule has 0 saturated heterocycles. The maximum Gasteiger partial charge on any atom is 0.182 e. The second-order valence-corrected chi connectivity index (χ2v) is 14.4. The summed E-state index contributed by atoms with van der Waals surface area (Å²) < 4.78 is 0. The van der Waals surface area contributed by atoms with Crippen LogP contribution in [-0.2, 0) is 9.59 Å². The lowest BCUT2D eigenvalue weighted by molar-refractivity contribution is -0.114. The summed E-state index contributed by atoms with van der Waals surface area (Å²) in [5, 5.41) is 0. The van der Waals surface area contributed by atoms with E-state index in [1.54, 1.807) is 0 Å². The largest absolute Gasteiger partial charge is 0.290 e. The molecule has 0 unspecified atom stereocenters. The van der Waals surface area contributed by atoms with Crippen molar-refractivity contribution in [2.45, 2.75) is 159 Å².